The summed E-state index contributed by atoms with van der Waals surface area (Å²) < 4.78 is 22.9. The van der Waals surface area contributed by atoms with Gasteiger partial charge in [0.25, 0.3) is 5.91 Å². The van der Waals surface area contributed by atoms with Crippen LogP contribution in [0.5, 0.6) is 0 Å². The minimum absolute atomic E-state index is 0.0179. The van der Waals surface area contributed by atoms with Crippen molar-refractivity contribution in [3.8, 4) is 0 Å². The Bertz CT molecular complexity index is 593. The highest BCUT2D eigenvalue weighted by Gasteiger charge is 2.20. The first-order chi connectivity index (χ1) is 8.27. The summed E-state index contributed by atoms with van der Waals surface area (Å²) in [4.78, 5) is 22.4. The third kappa shape index (κ3) is 3.14. The molecule has 1 rings (SSSR count). The topological polar surface area (TPSA) is 106 Å². The maximum Gasteiger partial charge on any atom is 0.291 e. The SMILES string of the molecule is CCC(=O)C(=O)Nc1cccc(C)c1S(N)(=O)=O. The summed E-state index contributed by atoms with van der Waals surface area (Å²) in [6.07, 6.45) is 0.0440. The highest BCUT2D eigenvalue weighted by molar-refractivity contribution is 7.89. The van der Waals surface area contributed by atoms with Crippen LogP contribution in [0.1, 0.15) is 18.9 Å². The lowest BCUT2D eigenvalue weighted by molar-refractivity contribution is -0.134. The standard InChI is InChI=1S/C11H14N2O4S/c1-3-9(14)11(15)13-8-6-4-5-7(2)10(8)18(12,16)17/h4-6H,3H2,1-2H3,(H,13,15)(H2,12,16,17). The van der Waals surface area contributed by atoms with Crippen LogP contribution in [-0.2, 0) is 19.6 Å². The van der Waals surface area contributed by atoms with E-state index in [0.717, 1.165) is 0 Å². The molecule has 3 N–H and O–H groups in total. The van der Waals surface area contributed by atoms with Crippen molar-refractivity contribution in [2.75, 3.05) is 5.32 Å². The lowest BCUT2D eigenvalue weighted by atomic mass is 10.2. The Morgan fingerprint density at radius 2 is 1.94 bits per heavy atom. The van der Waals surface area contributed by atoms with Gasteiger partial charge in [-0.15, -0.1) is 0 Å². The molecule has 0 aliphatic rings. The molecule has 0 radical (unpaired) electrons. The molecular formula is C11H14N2O4S. The molecule has 98 valence electrons. The van der Waals surface area contributed by atoms with Crippen molar-refractivity contribution in [2.45, 2.75) is 25.2 Å². The highest BCUT2D eigenvalue weighted by atomic mass is 32.2. The molecule has 1 aromatic carbocycles. The Kier molecular flexibility index (Phi) is 4.20. The van der Waals surface area contributed by atoms with Crippen molar-refractivity contribution < 1.29 is 18.0 Å². The summed E-state index contributed by atoms with van der Waals surface area (Å²) in [5.41, 5.74) is 0.420. The smallest absolute Gasteiger partial charge is 0.291 e. The maximum absolute atomic E-state index is 11.4. The summed E-state index contributed by atoms with van der Waals surface area (Å²) in [7, 11) is -3.97. The molecule has 0 atom stereocenters. The second kappa shape index (κ2) is 5.28. The van der Waals surface area contributed by atoms with E-state index in [1.165, 1.54) is 6.07 Å². The summed E-state index contributed by atoms with van der Waals surface area (Å²) in [6.45, 7) is 3.09. The van der Waals surface area contributed by atoms with Crippen molar-refractivity contribution in [1.82, 2.24) is 0 Å². The van der Waals surface area contributed by atoms with E-state index in [0.29, 0.717) is 5.56 Å². The van der Waals surface area contributed by atoms with Crippen molar-refractivity contribution in [1.29, 1.82) is 0 Å². The minimum Gasteiger partial charge on any atom is -0.318 e. The zero-order chi connectivity index (χ0) is 13.9. The summed E-state index contributed by atoms with van der Waals surface area (Å²) in [6, 6.07) is 4.50. The number of ketones is 1. The molecule has 0 fully saturated rings. The second-order valence-corrected chi connectivity index (χ2v) is 5.23. The third-order valence-corrected chi connectivity index (χ3v) is 3.43. The molecule has 1 amide bonds. The quantitative estimate of drug-likeness (QED) is 0.779. The van der Waals surface area contributed by atoms with Gasteiger partial charge in [-0.25, -0.2) is 13.6 Å². The predicted molar refractivity (Wildman–Crippen MR) is 66.5 cm³/mol. The number of amides is 1. The number of hydrogen-bond acceptors (Lipinski definition) is 4. The lowest BCUT2D eigenvalue weighted by Gasteiger charge is -2.11. The van der Waals surface area contributed by atoms with Crippen molar-refractivity contribution in [3.05, 3.63) is 23.8 Å². The van der Waals surface area contributed by atoms with Crippen LogP contribution in [-0.4, -0.2) is 20.1 Å². The van der Waals surface area contributed by atoms with E-state index < -0.39 is 21.7 Å². The van der Waals surface area contributed by atoms with E-state index >= 15 is 0 Å². The van der Waals surface area contributed by atoms with Crippen molar-refractivity contribution in [3.63, 3.8) is 0 Å². The van der Waals surface area contributed by atoms with E-state index in [4.69, 9.17) is 5.14 Å². The molecule has 0 aromatic heterocycles. The maximum atomic E-state index is 11.4. The molecule has 0 bridgehead atoms. The number of nitrogens with one attached hydrogen (secondary N) is 1. The van der Waals surface area contributed by atoms with Crippen molar-refractivity contribution >= 4 is 27.4 Å². The lowest BCUT2D eigenvalue weighted by Crippen LogP contribution is -2.24. The predicted octanol–water partition coefficient (Wildman–Crippen LogP) is 0.560. The number of hydrogen-bond donors (Lipinski definition) is 2. The molecule has 0 heterocycles. The van der Waals surface area contributed by atoms with Gasteiger partial charge in [0.05, 0.1) is 5.69 Å². The number of carbonyl (C=O) groups excluding carboxylic acids is 2. The zero-order valence-electron chi connectivity index (χ0n) is 10.1. The van der Waals surface area contributed by atoms with Gasteiger partial charge in [0.15, 0.2) is 0 Å². The van der Waals surface area contributed by atoms with Crippen LogP contribution in [0, 0.1) is 6.92 Å². The molecule has 1 aromatic rings. The fourth-order valence-corrected chi connectivity index (χ4v) is 2.42. The molecule has 0 spiro atoms. The number of rotatable bonds is 4. The molecule has 0 aliphatic carbocycles. The van der Waals surface area contributed by atoms with Crippen LogP contribution in [0.2, 0.25) is 0 Å². The number of Topliss-reactive ketones (excluding diaryl/α,β-unsaturated/α-hetero) is 1. The van der Waals surface area contributed by atoms with Gasteiger partial charge in [0, 0.05) is 6.42 Å². The van der Waals surface area contributed by atoms with Crippen LogP contribution in [0.3, 0.4) is 0 Å². The first kappa shape index (κ1) is 14.3. The molecule has 0 saturated carbocycles. The molecular weight excluding hydrogens is 256 g/mol. The van der Waals surface area contributed by atoms with Gasteiger partial charge in [-0.05, 0) is 18.6 Å². The monoisotopic (exact) mass is 270 g/mol. The number of primary sulfonamides is 1. The Hall–Kier alpha value is -1.73. The van der Waals surface area contributed by atoms with Gasteiger partial charge in [-0.1, -0.05) is 19.1 Å². The van der Waals surface area contributed by atoms with Crippen molar-refractivity contribution in [2.24, 2.45) is 5.14 Å². The summed E-state index contributed by atoms with van der Waals surface area (Å²) in [5.74, 6) is -1.48. The Balaban J connectivity index is 3.23. The van der Waals surface area contributed by atoms with Crippen LogP contribution < -0.4 is 10.5 Å². The largest absolute Gasteiger partial charge is 0.318 e. The van der Waals surface area contributed by atoms with E-state index in [1.807, 2.05) is 0 Å². The number of carbonyl (C=O) groups is 2. The molecule has 18 heavy (non-hydrogen) atoms. The van der Waals surface area contributed by atoms with Crippen LogP contribution in [0.25, 0.3) is 0 Å². The number of anilines is 1. The first-order valence-electron chi connectivity index (χ1n) is 5.24. The molecule has 0 unspecified atom stereocenters. The fraction of sp³-hybridized carbons (Fsp3) is 0.273. The molecule has 0 aliphatic heterocycles. The van der Waals surface area contributed by atoms with Gasteiger partial charge >= 0.3 is 0 Å². The number of sulfonamides is 1. The van der Waals surface area contributed by atoms with Gasteiger partial charge in [0.1, 0.15) is 4.90 Å². The highest BCUT2D eigenvalue weighted by Crippen LogP contribution is 2.23. The van der Waals surface area contributed by atoms with Gasteiger partial charge in [-0.2, -0.15) is 0 Å². The average molecular weight is 270 g/mol. The second-order valence-electron chi connectivity index (χ2n) is 3.73. The first-order valence-corrected chi connectivity index (χ1v) is 6.78. The Labute approximate surface area is 105 Å². The number of benzene rings is 1. The molecule has 7 heteroatoms. The number of aryl methyl sites for hydroxylation is 1. The normalized spacial score (nSPS) is 11.1. The number of nitrogens with two attached hydrogens (primary N) is 1. The summed E-state index contributed by atoms with van der Waals surface area (Å²) in [5, 5.41) is 7.34. The van der Waals surface area contributed by atoms with Gasteiger partial charge < -0.3 is 5.32 Å². The summed E-state index contributed by atoms with van der Waals surface area (Å²) >= 11 is 0. The molecule has 0 saturated heterocycles. The third-order valence-electron chi connectivity index (χ3n) is 2.32. The molecule has 6 nitrogen and oxygen atoms in total. The average Bonchev–Trinajstić information content (AvgIpc) is 2.26. The van der Waals surface area contributed by atoms with E-state index in [-0.39, 0.29) is 17.0 Å². The Morgan fingerprint density at radius 3 is 2.44 bits per heavy atom. The van der Waals surface area contributed by atoms with Crippen LogP contribution in [0.4, 0.5) is 5.69 Å². The zero-order valence-corrected chi connectivity index (χ0v) is 10.9. The minimum atomic E-state index is -3.97. The van der Waals surface area contributed by atoms with Crippen LogP contribution in [0.15, 0.2) is 23.1 Å². The van der Waals surface area contributed by atoms with Crippen LogP contribution >= 0.6 is 0 Å². The fourth-order valence-electron chi connectivity index (χ4n) is 1.48. The van der Waals surface area contributed by atoms with Gasteiger partial charge in [-0.3, -0.25) is 9.59 Å². The van der Waals surface area contributed by atoms with E-state index in [9.17, 15) is 18.0 Å². The van der Waals surface area contributed by atoms with E-state index in [1.54, 1.807) is 26.0 Å². The Morgan fingerprint density at radius 1 is 1.33 bits per heavy atom. The van der Waals surface area contributed by atoms with E-state index in [2.05, 4.69) is 5.32 Å². The van der Waals surface area contributed by atoms with Gasteiger partial charge in [0.2, 0.25) is 15.8 Å².